The number of carbonyl (C=O) groups excluding carboxylic acids is 1. The first-order valence-electron chi connectivity index (χ1n) is 7.90. The zero-order valence-electron chi connectivity index (χ0n) is 13.6. The van der Waals surface area contributed by atoms with Crippen LogP contribution in [0.4, 0.5) is 5.69 Å². The molecule has 0 radical (unpaired) electrons. The van der Waals surface area contributed by atoms with Gasteiger partial charge < -0.3 is 20.5 Å². The van der Waals surface area contributed by atoms with Gasteiger partial charge in [0.05, 0.1) is 12.5 Å². The number of aliphatic carboxylic acids is 1. The lowest BCUT2D eigenvalue weighted by Crippen LogP contribution is -2.43. The van der Waals surface area contributed by atoms with Gasteiger partial charge in [-0.25, -0.2) is 0 Å². The average Bonchev–Trinajstić information content (AvgIpc) is 3.00. The number of rotatable bonds is 7. The number of carbonyl (C=O) groups is 2. The van der Waals surface area contributed by atoms with Crippen molar-refractivity contribution in [3.05, 3.63) is 29.3 Å². The van der Waals surface area contributed by atoms with Crippen LogP contribution in [0.2, 0.25) is 0 Å². The van der Waals surface area contributed by atoms with Gasteiger partial charge in [-0.05, 0) is 43.9 Å². The van der Waals surface area contributed by atoms with Gasteiger partial charge in [-0.1, -0.05) is 12.1 Å². The van der Waals surface area contributed by atoms with Crippen molar-refractivity contribution in [1.82, 2.24) is 5.32 Å². The first kappa shape index (κ1) is 17.4. The van der Waals surface area contributed by atoms with Gasteiger partial charge in [-0.3, -0.25) is 9.59 Å². The maximum absolute atomic E-state index is 12.1. The normalized spacial score (nSPS) is 18.6. The first-order valence-corrected chi connectivity index (χ1v) is 7.90. The van der Waals surface area contributed by atoms with Gasteiger partial charge in [0.2, 0.25) is 5.91 Å². The summed E-state index contributed by atoms with van der Waals surface area (Å²) in [6, 6.07) is 4.86. The Morgan fingerprint density at radius 2 is 2.17 bits per heavy atom. The molecule has 1 aromatic carbocycles. The second-order valence-electron chi connectivity index (χ2n) is 6.00. The van der Waals surface area contributed by atoms with Crippen molar-refractivity contribution in [3.63, 3.8) is 0 Å². The number of anilines is 1. The minimum absolute atomic E-state index is 0.0407. The molecule has 2 rings (SSSR count). The summed E-state index contributed by atoms with van der Waals surface area (Å²) in [6.45, 7) is 5.02. The maximum atomic E-state index is 12.1. The SMILES string of the molecule is Cc1ccc(C)c(NC(=O)CC(NCC2CCCO2)C(=O)O)c1. The molecule has 2 atom stereocenters. The summed E-state index contributed by atoms with van der Waals surface area (Å²) in [4.78, 5) is 23.5. The highest BCUT2D eigenvalue weighted by atomic mass is 16.5. The Bertz CT molecular complexity index is 568. The van der Waals surface area contributed by atoms with Crippen molar-refractivity contribution in [3.8, 4) is 0 Å². The summed E-state index contributed by atoms with van der Waals surface area (Å²) in [5, 5.41) is 15.0. The molecule has 126 valence electrons. The van der Waals surface area contributed by atoms with E-state index in [4.69, 9.17) is 4.74 Å². The van der Waals surface area contributed by atoms with Crippen molar-refractivity contribution >= 4 is 17.6 Å². The predicted octanol–water partition coefficient (Wildman–Crippen LogP) is 1.85. The molecule has 0 aromatic heterocycles. The molecule has 1 aromatic rings. The van der Waals surface area contributed by atoms with Gasteiger partial charge in [0.15, 0.2) is 0 Å². The second-order valence-corrected chi connectivity index (χ2v) is 6.00. The predicted molar refractivity (Wildman–Crippen MR) is 87.6 cm³/mol. The van der Waals surface area contributed by atoms with Gasteiger partial charge in [0.25, 0.3) is 0 Å². The van der Waals surface area contributed by atoms with Gasteiger partial charge in [0, 0.05) is 18.8 Å². The first-order chi connectivity index (χ1) is 11.0. The molecule has 0 aliphatic carbocycles. The van der Waals surface area contributed by atoms with Gasteiger partial charge in [-0.15, -0.1) is 0 Å². The topological polar surface area (TPSA) is 87.7 Å². The third kappa shape index (κ3) is 5.33. The molecule has 1 aliphatic rings. The third-order valence-corrected chi connectivity index (χ3v) is 3.97. The largest absolute Gasteiger partial charge is 0.480 e. The lowest BCUT2D eigenvalue weighted by atomic mass is 10.1. The van der Waals surface area contributed by atoms with E-state index in [9.17, 15) is 14.7 Å². The van der Waals surface area contributed by atoms with E-state index in [1.165, 1.54) is 0 Å². The summed E-state index contributed by atoms with van der Waals surface area (Å²) in [6.07, 6.45) is 1.85. The molecule has 3 N–H and O–H groups in total. The van der Waals surface area contributed by atoms with E-state index >= 15 is 0 Å². The van der Waals surface area contributed by atoms with E-state index in [1.54, 1.807) is 0 Å². The highest BCUT2D eigenvalue weighted by Crippen LogP contribution is 2.17. The number of aryl methyl sites for hydroxylation is 2. The molecule has 0 spiro atoms. The lowest BCUT2D eigenvalue weighted by molar-refractivity contribution is -0.141. The van der Waals surface area contributed by atoms with Gasteiger partial charge >= 0.3 is 5.97 Å². The fourth-order valence-electron chi connectivity index (χ4n) is 2.58. The lowest BCUT2D eigenvalue weighted by Gasteiger charge is -2.17. The second kappa shape index (κ2) is 8.08. The van der Waals surface area contributed by atoms with Gasteiger partial charge in [0.1, 0.15) is 6.04 Å². The highest BCUT2D eigenvalue weighted by Gasteiger charge is 2.24. The van der Waals surface area contributed by atoms with Crippen LogP contribution < -0.4 is 10.6 Å². The van der Waals surface area contributed by atoms with Crippen LogP contribution in [0.15, 0.2) is 18.2 Å². The molecule has 1 saturated heterocycles. The molecule has 0 saturated carbocycles. The van der Waals surface area contributed by atoms with E-state index in [2.05, 4.69) is 10.6 Å². The van der Waals surface area contributed by atoms with Crippen LogP contribution >= 0.6 is 0 Å². The van der Waals surface area contributed by atoms with Crippen LogP contribution in [0, 0.1) is 13.8 Å². The molecule has 2 unspecified atom stereocenters. The van der Waals surface area contributed by atoms with Crippen molar-refractivity contribution in [2.75, 3.05) is 18.5 Å². The van der Waals surface area contributed by atoms with E-state index in [-0.39, 0.29) is 18.4 Å². The number of hydrogen-bond donors (Lipinski definition) is 3. The quantitative estimate of drug-likeness (QED) is 0.714. The number of carboxylic acids is 1. The summed E-state index contributed by atoms with van der Waals surface area (Å²) >= 11 is 0. The average molecular weight is 320 g/mol. The van der Waals surface area contributed by atoms with Crippen molar-refractivity contribution in [2.45, 2.75) is 45.3 Å². The monoisotopic (exact) mass is 320 g/mol. The molecule has 6 nitrogen and oxygen atoms in total. The maximum Gasteiger partial charge on any atom is 0.321 e. The Hall–Kier alpha value is -1.92. The highest BCUT2D eigenvalue weighted by molar-refractivity contribution is 5.94. The number of hydrogen-bond acceptors (Lipinski definition) is 4. The Morgan fingerprint density at radius 3 is 2.83 bits per heavy atom. The van der Waals surface area contributed by atoms with Crippen LogP contribution in [-0.2, 0) is 14.3 Å². The number of nitrogens with one attached hydrogen (secondary N) is 2. The van der Waals surface area contributed by atoms with Crippen LogP contribution in [-0.4, -0.2) is 42.3 Å². The summed E-state index contributed by atoms with van der Waals surface area (Å²) in [5.41, 5.74) is 2.71. The minimum atomic E-state index is -1.03. The summed E-state index contributed by atoms with van der Waals surface area (Å²) in [5.74, 6) is -1.34. The Kier molecular flexibility index (Phi) is 6.12. The Labute approximate surface area is 136 Å². The van der Waals surface area contributed by atoms with Crippen LogP contribution in [0.3, 0.4) is 0 Å². The molecular formula is C17H24N2O4. The molecule has 0 bridgehead atoms. The zero-order chi connectivity index (χ0) is 16.8. The van der Waals surface area contributed by atoms with Crippen molar-refractivity contribution in [2.24, 2.45) is 0 Å². The summed E-state index contributed by atoms with van der Waals surface area (Å²) < 4.78 is 5.46. The number of benzene rings is 1. The molecular weight excluding hydrogens is 296 g/mol. The number of carboxylic acid groups (broad SMARTS) is 1. The fraction of sp³-hybridized carbons (Fsp3) is 0.529. The minimum Gasteiger partial charge on any atom is -0.480 e. The molecule has 23 heavy (non-hydrogen) atoms. The van der Waals surface area contributed by atoms with Crippen LogP contribution in [0.25, 0.3) is 0 Å². The molecule has 1 aliphatic heterocycles. The third-order valence-electron chi connectivity index (χ3n) is 3.97. The molecule has 1 fully saturated rings. The number of amides is 1. The number of ether oxygens (including phenoxy) is 1. The van der Waals surface area contributed by atoms with Crippen LogP contribution in [0.1, 0.15) is 30.4 Å². The zero-order valence-corrected chi connectivity index (χ0v) is 13.6. The molecule has 1 heterocycles. The van der Waals surface area contributed by atoms with E-state index in [0.717, 1.165) is 36.3 Å². The van der Waals surface area contributed by atoms with Crippen molar-refractivity contribution in [1.29, 1.82) is 0 Å². The standard InChI is InChI=1S/C17H24N2O4/c1-11-5-6-12(2)14(8-11)19-16(20)9-15(17(21)22)18-10-13-4-3-7-23-13/h5-6,8,13,15,18H,3-4,7,9-10H2,1-2H3,(H,19,20)(H,21,22). The smallest absolute Gasteiger partial charge is 0.321 e. The van der Waals surface area contributed by atoms with Gasteiger partial charge in [-0.2, -0.15) is 0 Å². The van der Waals surface area contributed by atoms with Crippen molar-refractivity contribution < 1.29 is 19.4 Å². The Morgan fingerprint density at radius 1 is 1.39 bits per heavy atom. The molecule has 1 amide bonds. The van der Waals surface area contributed by atoms with E-state index in [1.807, 2.05) is 32.0 Å². The van der Waals surface area contributed by atoms with E-state index in [0.29, 0.717) is 6.54 Å². The Balaban J connectivity index is 1.89. The van der Waals surface area contributed by atoms with E-state index < -0.39 is 12.0 Å². The fourth-order valence-corrected chi connectivity index (χ4v) is 2.58. The van der Waals surface area contributed by atoms with Crippen LogP contribution in [0.5, 0.6) is 0 Å². The summed E-state index contributed by atoms with van der Waals surface area (Å²) in [7, 11) is 0. The molecule has 6 heteroatoms.